The molecule has 0 aliphatic carbocycles. The highest BCUT2D eigenvalue weighted by atomic mass is 35.5. The summed E-state index contributed by atoms with van der Waals surface area (Å²) in [5.41, 5.74) is 2.13. The highest BCUT2D eigenvalue weighted by Crippen LogP contribution is 2.42. The van der Waals surface area contributed by atoms with Crippen LogP contribution in [-0.2, 0) is 13.2 Å². The largest absolute Gasteiger partial charge is 0.490 e. The van der Waals surface area contributed by atoms with Crippen molar-refractivity contribution >= 4 is 28.5 Å². The fraction of sp³-hybridized carbons (Fsp3) is 0.152. The number of nitrogens with zero attached hydrogens (tertiary/aromatic N) is 1. The number of ether oxygens (including phenoxy) is 2. The Bertz CT molecular complexity index is 1820. The summed E-state index contributed by atoms with van der Waals surface area (Å²) in [5, 5.41) is 0.551. The van der Waals surface area contributed by atoms with Gasteiger partial charge >= 0.3 is 0 Å². The Kier molecular flexibility index (Phi) is 7.20. The van der Waals surface area contributed by atoms with E-state index in [1.165, 1.54) is 12.1 Å². The predicted octanol–water partition coefficient (Wildman–Crippen LogP) is 7.31. The second kappa shape index (κ2) is 11.1. The molecule has 0 N–H and O–H groups in total. The number of fused-ring (bicyclic) bond motifs is 2. The Hall–Kier alpha value is -4.62. The van der Waals surface area contributed by atoms with Gasteiger partial charge in [-0.05, 0) is 60.0 Å². The number of halogens is 2. The van der Waals surface area contributed by atoms with Crippen molar-refractivity contribution < 1.29 is 23.1 Å². The van der Waals surface area contributed by atoms with Gasteiger partial charge in [0.05, 0.1) is 23.6 Å². The van der Waals surface area contributed by atoms with Crippen LogP contribution in [0.5, 0.6) is 11.5 Å². The molecule has 0 radical (unpaired) electrons. The van der Waals surface area contributed by atoms with Crippen molar-refractivity contribution in [2.24, 2.45) is 0 Å². The number of rotatable bonds is 8. The zero-order chi connectivity index (χ0) is 28.5. The quantitative estimate of drug-likeness (QED) is 0.196. The van der Waals surface area contributed by atoms with Crippen molar-refractivity contribution in [3.63, 3.8) is 0 Å². The second-order valence-electron chi connectivity index (χ2n) is 9.65. The standard InChI is InChI=1S/C33H25ClFNO5/c1-2-39-28-16-21(12-14-27(28)40-19-20-8-4-3-5-9-20)30-29-31(37)24-17-23(35)13-15-26(24)41-32(29)33(38)36(30)18-22-10-6-7-11-25(22)34/h3-17,30H,2,18-19H2,1H3. The predicted molar refractivity (Wildman–Crippen MR) is 154 cm³/mol. The fourth-order valence-corrected chi connectivity index (χ4v) is 5.33. The van der Waals surface area contributed by atoms with Gasteiger partial charge in [-0.3, -0.25) is 9.59 Å². The van der Waals surface area contributed by atoms with Gasteiger partial charge in [0, 0.05) is 11.6 Å². The van der Waals surface area contributed by atoms with Crippen LogP contribution < -0.4 is 14.9 Å². The van der Waals surface area contributed by atoms with Crippen molar-refractivity contribution in [2.45, 2.75) is 26.1 Å². The molecule has 206 valence electrons. The molecule has 0 saturated carbocycles. The lowest BCUT2D eigenvalue weighted by Crippen LogP contribution is -2.29. The van der Waals surface area contributed by atoms with Gasteiger partial charge in [-0.2, -0.15) is 0 Å². The van der Waals surface area contributed by atoms with E-state index in [4.69, 9.17) is 25.5 Å². The molecule has 0 saturated heterocycles. The highest BCUT2D eigenvalue weighted by molar-refractivity contribution is 6.31. The number of benzene rings is 4. The van der Waals surface area contributed by atoms with E-state index in [0.717, 1.165) is 11.6 Å². The maximum absolute atomic E-state index is 14.1. The molecule has 4 aromatic carbocycles. The number of amides is 1. The first-order valence-electron chi connectivity index (χ1n) is 13.2. The van der Waals surface area contributed by atoms with E-state index >= 15 is 0 Å². The van der Waals surface area contributed by atoms with Crippen molar-refractivity contribution in [1.82, 2.24) is 4.90 Å². The van der Waals surface area contributed by atoms with Crippen LogP contribution in [0.15, 0.2) is 100 Å². The minimum Gasteiger partial charge on any atom is -0.490 e. The first-order valence-corrected chi connectivity index (χ1v) is 13.6. The molecular formula is C33H25ClFNO5. The molecule has 8 heteroatoms. The summed E-state index contributed by atoms with van der Waals surface area (Å²) in [6, 6.07) is 25.1. The molecule has 0 spiro atoms. The Morgan fingerprint density at radius 1 is 0.902 bits per heavy atom. The van der Waals surface area contributed by atoms with E-state index in [1.807, 2.05) is 49.4 Å². The molecule has 5 aromatic rings. The molecule has 2 heterocycles. The van der Waals surface area contributed by atoms with Gasteiger partial charge in [-0.1, -0.05) is 66.2 Å². The van der Waals surface area contributed by atoms with E-state index in [-0.39, 0.29) is 28.8 Å². The molecule has 41 heavy (non-hydrogen) atoms. The number of hydrogen-bond acceptors (Lipinski definition) is 5. The lowest BCUT2D eigenvalue weighted by molar-refractivity contribution is 0.0714. The van der Waals surface area contributed by atoms with Gasteiger partial charge in [-0.25, -0.2) is 4.39 Å². The summed E-state index contributed by atoms with van der Waals surface area (Å²) < 4.78 is 32.1. The Morgan fingerprint density at radius 2 is 1.68 bits per heavy atom. The average Bonchev–Trinajstić information content (AvgIpc) is 3.26. The SMILES string of the molecule is CCOc1cc(C2c3c(oc4ccc(F)cc4c3=O)C(=O)N2Cc2ccccc2Cl)ccc1OCc1ccccc1. The van der Waals surface area contributed by atoms with Gasteiger partial charge in [0.25, 0.3) is 5.91 Å². The molecule has 6 rings (SSSR count). The number of carbonyl (C=O) groups is 1. The third-order valence-electron chi connectivity index (χ3n) is 7.05. The van der Waals surface area contributed by atoms with Crippen LogP contribution in [0.3, 0.4) is 0 Å². The first kappa shape index (κ1) is 26.6. The van der Waals surface area contributed by atoms with Crippen LogP contribution in [0.1, 0.15) is 45.8 Å². The maximum Gasteiger partial charge on any atom is 0.291 e. The van der Waals surface area contributed by atoms with Crippen LogP contribution in [-0.4, -0.2) is 17.4 Å². The van der Waals surface area contributed by atoms with E-state index < -0.39 is 23.2 Å². The van der Waals surface area contributed by atoms with Crippen LogP contribution >= 0.6 is 11.6 Å². The van der Waals surface area contributed by atoms with E-state index in [1.54, 1.807) is 35.2 Å². The summed E-state index contributed by atoms with van der Waals surface area (Å²) >= 11 is 6.46. The lowest BCUT2D eigenvalue weighted by atomic mass is 9.97. The molecule has 1 aliphatic rings. The van der Waals surface area contributed by atoms with Crippen molar-refractivity contribution in [3.8, 4) is 11.5 Å². The van der Waals surface area contributed by atoms with E-state index in [0.29, 0.717) is 40.9 Å². The normalized spacial score (nSPS) is 14.4. The molecule has 1 unspecified atom stereocenters. The zero-order valence-corrected chi connectivity index (χ0v) is 22.9. The number of carbonyl (C=O) groups excluding carboxylic acids is 1. The third kappa shape index (κ3) is 5.05. The fourth-order valence-electron chi connectivity index (χ4n) is 5.13. The summed E-state index contributed by atoms with van der Waals surface area (Å²) in [5.74, 6) is -0.119. The molecule has 0 bridgehead atoms. The third-order valence-corrected chi connectivity index (χ3v) is 7.42. The van der Waals surface area contributed by atoms with Gasteiger partial charge in [0.15, 0.2) is 16.9 Å². The van der Waals surface area contributed by atoms with Gasteiger partial charge in [-0.15, -0.1) is 0 Å². The summed E-state index contributed by atoms with van der Waals surface area (Å²) in [6.07, 6.45) is 0. The van der Waals surface area contributed by atoms with Crippen LogP contribution in [0, 0.1) is 5.82 Å². The smallest absolute Gasteiger partial charge is 0.291 e. The molecule has 1 amide bonds. The molecule has 1 aliphatic heterocycles. The minimum atomic E-state index is -0.833. The summed E-state index contributed by atoms with van der Waals surface area (Å²) in [7, 11) is 0. The van der Waals surface area contributed by atoms with Crippen molar-refractivity contribution in [1.29, 1.82) is 0 Å². The Morgan fingerprint density at radius 3 is 2.46 bits per heavy atom. The highest BCUT2D eigenvalue weighted by Gasteiger charge is 2.43. The Labute approximate surface area is 240 Å². The monoisotopic (exact) mass is 569 g/mol. The summed E-state index contributed by atoms with van der Waals surface area (Å²) in [6.45, 7) is 2.69. The number of hydrogen-bond donors (Lipinski definition) is 0. The van der Waals surface area contributed by atoms with Crippen LogP contribution in [0.25, 0.3) is 11.0 Å². The minimum absolute atomic E-state index is 0.0639. The topological polar surface area (TPSA) is 69.0 Å². The molecule has 1 aromatic heterocycles. The molecule has 1 atom stereocenters. The van der Waals surface area contributed by atoms with Gasteiger partial charge in [0.1, 0.15) is 18.0 Å². The molecule has 0 fully saturated rings. The van der Waals surface area contributed by atoms with Gasteiger partial charge in [0.2, 0.25) is 5.76 Å². The maximum atomic E-state index is 14.1. The van der Waals surface area contributed by atoms with Crippen molar-refractivity contribution in [3.05, 3.63) is 140 Å². The van der Waals surface area contributed by atoms with Gasteiger partial charge < -0.3 is 18.8 Å². The van der Waals surface area contributed by atoms with Crippen molar-refractivity contribution in [2.75, 3.05) is 6.61 Å². The lowest BCUT2D eigenvalue weighted by Gasteiger charge is -2.26. The average molecular weight is 570 g/mol. The molecular weight excluding hydrogens is 545 g/mol. The zero-order valence-electron chi connectivity index (χ0n) is 22.1. The molecule has 6 nitrogen and oxygen atoms in total. The van der Waals surface area contributed by atoms with Crippen LogP contribution in [0.4, 0.5) is 4.39 Å². The van der Waals surface area contributed by atoms with E-state index in [2.05, 4.69) is 0 Å². The second-order valence-corrected chi connectivity index (χ2v) is 10.1. The van der Waals surface area contributed by atoms with E-state index in [9.17, 15) is 14.0 Å². The summed E-state index contributed by atoms with van der Waals surface area (Å²) in [4.78, 5) is 29.2. The first-order chi connectivity index (χ1) is 19.9. The Balaban J connectivity index is 1.47. The van der Waals surface area contributed by atoms with Crippen LogP contribution in [0.2, 0.25) is 5.02 Å².